The predicted octanol–water partition coefficient (Wildman–Crippen LogP) is 0.673. The van der Waals surface area contributed by atoms with Crippen LogP contribution in [0.4, 0.5) is 5.95 Å². The van der Waals surface area contributed by atoms with Crippen molar-refractivity contribution in [1.29, 1.82) is 0 Å². The van der Waals surface area contributed by atoms with Crippen LogP contribution in [0.1, 0.15) is 13.8 Å². The summed E-state index contributed by atoms with van der Waals surface area (Å²) in [7, 11) is 0. The molecule has 0 bridgehead atoms. The molecular weight excluding hydrogens is 204 g/mol. The van der Waals surface area contributed by atoms with Crippen molar-refractivity contribution in [2.24, 2.45) is 0 Å². The van der Waals surface area contributed by atoms with Gasteiger partial charge in [0.25, 0.3) is 0 Å². The fourth-order valence-electron chi connectivity index (χ4n) is 1.66. The maximum Gasteiger partial charge on any atom is 0.228 e. The van der Waals surface area contributed by atoms with Crippen molar-refractivity contribution >= 4 is 5.95 Å². The molecule has 0 atom stereocenters. The second-order valence-corrected chi connectivity index (χ2v) is 4.10. The smallest absolute Gasteiger partial charge is 0.228 e. The molecule has 1 aromatic rings. The van der Waals surface area contributed by atoms with E-state index in [9.17, 15) is 0 Å². The zero-order valence-electron chi connectivity index (χ0n) is 9.81. The highest BCUT2D eigenvalue weighted by molar-refractivity contribution is 5.32. The molecule has 1 aliphatic heterocycles. The van der Waals surface area contributed by atoms with Crippen molar-refractivity contribution in [1.82, 2.24) is 15.3 Å². The SMILES string of the molecule is CC(C)Oc1ccnc(N2CCNCC2)n1. The Labute approximate surface area is 95.8 Å². The average molecular weight is 222 g/mol. The first-order chi connectivity index (χ1) is 7.75. The van der Waals surface area contributed by atoms with Crippen molar-refractivity contribution < 1.29 is 4.74 Å². The van der Waals surface area contributed by atoms with Crippen LogP contribution in [0.3, 0.4) is 0 Å². The molecule has 1 aliphatic rings. The molecule has 1 saturated heterocycles. The fraction of sp³-hybridized carbons (Fsp3) is 0.636. The van der Waals surface area contributed by atoms with E-state index in [1.807, 2.05) is 13.8 Å². The highest BCUT2D eigenvalue weighted by atomic mass is 16.5. The van der Waals surface area contributed by atoms with Gasteiger partial charge in [-0.25, -0.2) is 4.98 Å². The fourth-order valence-corrected chi connectivity index (χ4v) is 1.66. The van der Waals surface area contributed by atoms with E-state index in [1.54, 1.807) is 12.3 Å². The minimum absolute atomic E-state index is 0.144. The molecule has 88 valence electrons. The molecule has 0 amide bonds. The van der Waals surface area contributed by atoms with E-state index in [1.165, 1.54) is 0 Å². The van der Waals surface area contributed by atoms with E-state index in [-0.39, 0.29) is 6.10 Å². The van der Waals surface area contributed by atoms with Crippen LogP contribution in [-0.4, -0.2) is 42.3 Å². The first kappa shape index (κ1) is 11.1. The zero-order valence-corrected chi connectivity index (χ0v) is 9.81. The summed E-state index contributed by atoms with van der Waals surface area (Å²) in [6, 6.07) is 1.80. The van der Waals surface area contributed by atoms with Gasteiger partial charge in [0.1, 0.15) is 0 Å². The topological polar surface area (TPSA) is 50.3 Å². The normalized spacial score (nSPS) is 16.6. The van der Waals surface area contributed by atoms with Crippen LogP contribution in [0.2, 0.25) is 0 Å². The molecule has 0 spiro atoms. The molecule has 0 aliphatic carbocycles. The summed E-state index contributed by atoms with van der Waals surface area (Å²) >= 11 is 0. The van der Waals surface area contributed by atoms with Gasteiger partial charge in [0.05, 0.1) is 6.10 Å². The molecule has 1 fully saturated rings. The van der Waals surface area contributed by atoms with Gasteiger partial charge in [0, 0.05) is 38.4 Å². The lowest BCUT2D eigenvalue weighted by molar-refractivity contribution is 0.232. The molecule has 0 radical (unpaired) electrons. The lowest BCUT2D eigenvalue weighted by atomic mass is 10.4. The van der Waals surface area contributed by atoms with Crippen molar-refractivity contribution in [2.75, 3.05) is 31.1 Å². The van der Waals surface area contributed by atoms with Crippen molar-refractivity contribution in [3.8, 4) is 5.88 Å². The summed E-state index contributed by atoms with van der Waals surface area (Å²) in [4.78, 5) is 10.8. The number of ether oxygens (including phenoxy) is 1. The Bertz CT molecular complexity index is 337. The molecule has 2 rings (SSSR count). The Morgan fingerprint density at radius 2 is 2.12 bits per heavy atom. The van der Waals surface area contributed by atoms with Crippen LogP contribution in [0.25, 0.3) is 0 Å². The van der Waals surface area contributed by atoms with Crippen molar-refractivity contribution in [3.05, 3.63) is 12.3 Å². The number of nitrogens with zero attached hydrogens (tertiary/aromatic N) is 3. The van der Waals surface area contributed by atoms with Gasteiger partial charge < -0.3 is 15.0 Å². The third-order valence-corrected chi connectivity index (χ3v) is 2.37. The monoisotopic (exact) mass is 222 g/mol. The van der Waals surface area contributed by atoms with Crippen molar-refractivity contribution in [3.63, 3.8) is 0 Å². The average Bonchev–Trinajstić information content (AvgIpc) is 2.30. The van der Waals surface area contributed by atoms with Crippen molar-refractivity contribution in [2.45, 2.75) is 20.0 Å². The van der Waals surface area contributed by atoms with Gasteiger partial charge in [0.2, 0.25) is 11.8 Å². The van der Waals surface area contributed by atoms with E-state index in [2.05, 4.69) is 20.2 Å². The third kappa shape index (κ3) is 2.82. The Morgan fingerprint density at radius 3 is 2.81 bits per heavy atom. The van der Waals surface area contributed by atoms with E-state index >= 15 is 0 Å². The molecule has 0 unspecified atom stereocenters. The summed E-state index contributed by atoms with van der Waals surface area (Å²) in [6.45, 7) is 7.85. The largest absolute Gasteiger partial charge is 0.475 e. The van der Waals surface area contributed by atoms with Gasteiger partial charge in [-0.2, -0.15) is 4.98 Å². The molecular formula is C11H18N4O. The first-order valence-corrected chi connectivity index (χ1v) is 5.71. The molecule has 16 heavy (non-hydrogen) atoms. The number of aromatic nitrogens is 2. The summed E-state index contributed by atoms with van der Waals surface area (Å²) < 4.78 is 5.55. The molecule has 1 aromatic heterocycles. The minimum Gasteiger partial charge on any atom is -0.475 e. The molecule has 5 nitrogen and oxygen atoms in total. The maximum absolute atomic E-state index is 5.55. The molecule has 1 N–H and O–H groups in total. The number of piperazine rings is 1. The van der Waals surface area contributed by atoms with E-state index < -0.39 is 0 Å². The van der Waals surface area contributed by atoms with E-state index in [0.29, 0.717) is 5.88 Å². The van der Waals surface area contributed by atoms with Gasteiger partial charge in [-0.15, -0.1) is 0 Å². The quantitative estimate of drug-likeness (QED) is 0.814. The van der Waals surface area contributed by atoms with E-state index in [4.69, 9.17) is 4.74 Å². The lowest BCUT2D eigenvalue weighted by Crippen LogP contribution is -2.44. The Morgan fingerprint density at radius 1 is 1.38 bits per heavy atom. The Kier molecular flexibility index (Phi) is 3.56. The summed E-state index contributed by atoms with van der Waals surface area (Å²) in [6.07, 6.45) is 1.90. The molecule has 0 aromatic carbocycles. The number of anilines is 1. The number of hydrogen-bond donors (Lipinski definition) is 1. The summed E-state index contributed by atoms with van der Waals surface area (Å²) in [5, 5.41) is 3.30. The number of hydrogen-bond acceptors (Lipinski definition) is 5. The van der Waals surface area contributed by atoms with Gasteiger partial charge in [0.15, 0.2) is 0 Å². The van der Waals surface area contributed by atoms with Gasteiger partial charge in [-0.3, -0.25) is 0 Å². The van der Waals surface area contributed by atoms with Crippen LogP contribution >= 0.6 is 0 Å². The Hall–Kier alpha value is -1.36. The summed E-state index contributed by atoms with van der Waals surface area (Å²) in [5.41, 5.74) is 0. The highest BCUT2D eigenvalue weighted by Crippen LogP contribution is 2.14. The standard InChI is InChI=1S/C11H18N4O/c1-9(2)16-10-3-4-13-11(14-10)15-7-5-12-6-8-15/h3-4,9,12H,5-8H2,1-2H3. The molecule has 5 heteroatoms. The van der Waals surface area contributed by atoms with Gasteiger partial charge >= 0.3 is 0 Å². The molecule has 2 heterocycles. The lowest BCUT2D eigenvalue weighted by Gasteiger charge is -2.27. The number of rotatable bonds is 3. The van der Waals surface area contributed by atoms with Crippen LogP contribution in [0.15, 0.2) is 12.3 Å². The minimum atomic E-state index is 0.144. The third-order valence-electron chi connectivity index (χ3n) is 2.37. The highest BCUT2D eigenvalue weighted by Gasteiger charge is 2.13. The maximum atomic E-state index is 5.55. The molecule has 0 saturated carbocycles. The van der Waals surface area contributed by atoms with Crippen LogP contribution in [0, 0.1) is 0 Å². The zero-order chi connectivity index (χ0) is 11.4. The predicted molar refractivity (Wildman–Crippen MR) is 62.9 cm³/mol. The first-order valence-electron chi connectivity index (χ1n) is 5.71. The second kappa shape index (κ2) is 5.12. The van der Waals surface area contributed by atoms with Crippen LogP contribution < -0.4 is 15.0 Å². The Balaban J connectivity index is 2.08. The van der Waals surface area contributed by atoms with Gasteiger partial charge in [-0.05, 0) is 13.8 Å². The van der Waals surface area contributed by atoms with Crippen LogP contribution in [0.5, 0.6) is 5.88 Å². The number of nitrogens with one attached hydrogen (secondary N) is 1. The second-order valence-electron chi connectivity index (χ2n) is 4.10. The summed E-state index contributed by atoms with van der Waals surface area (Å²) in [5.74, 6) is 1.41. The van der Waals surface area contributed by atoms with Gasteiger partial charge in [-0.1, -0.05) is 0 Å². The van der Waals surface area contributed by atoms with E-state index in [0.717, 1.165) is 32.1 Å². The van der Waals surface area contributed by atoms with Crippen LogP contribution in [-0.2, 0) is 0 Å².